The number of hydrogen-bond acceptors (Lipinski definition) is 4. The molecule has 2 aromatic carbocycles. The number of nitrogens with zero attached hydrogens (tertiary/aromatic N) is 1. The Balaban J connectivity index is 2.00. The molecule has 0 bridgehead atoms. The van der Waals surface area contributed by atoms with E-state index >= 15 is 0 Å². The van der Waals surface area contributed by atoms with Gasteiger partial charge in [-0.25, -0.2) is 0 Å². The quantitative estimate of drug-likeness (QED) is 0.884. The first-order chi connectivity index (χ1) is 10.1. The number of benzene rings is 2. The summed E-state index contributed by atoms with van der Waals surface area (Å²) in [5, 5.41) is 22.1. The summed E-state index contributed by atoms with van der Waals surface area (Å²) in [5.41, 5.74) is 3.39. The fraction of sp³-hybridized carbons (Fsp3) is 0.235. The van der Waals surface area contributed by atoms with Gasteiger partial charge in [-0.2, -0.15) is 5.26 Å². The fourth-order valence-corrected chi connectivity index (χ4v) is 2.07. The molecule has 4 nitrogen and oxygen atoms in total. The Morgan fingerprint density at radius 1 is 1.24 bits per heavy atom. The van der Waals surface area contributed by atoms with Gasteiger partial charge in [-0.15, -0.1) is 0 Å². The van der Waals surface area contributed by atoms with Gasteiger partial charge >= 0.3 is 0 Å². The lowest BCUT2D eigenvalue weighted by Gasteiger charge is -2.15. The van der Waals surface area contributed by atoms with E-state index in [1.165, 1.54) is 0 Å². The normalized spacial score (nSPS) is 11.5. The molecule has 0 radical (unpaired) electrons. The van der Waals surface area contributed by atoms with Crippen molar-refractivity contribution in [3.05, 3.63) is 59.2 Å². The van der Waals surface area contributed by atoms with Crippen LogP contribution in [0.1, 0.15) is 22.8 Å². The molecular weight excluding hydrogens is 264 g/mol. The molecule has 0 aliphatic carbocycles. The van der Waals surface area contributed by atoms with Crippen molar-refractivity contribution in [3.63, 3.8) is 0 Å². The number of aliphatic hydroxyl groups is 1. The Morgan fingerprint density at radius 2 is 1.95 bits per heavy atom. The van der Waals surface area contributed by atoms with E-state index in [-0.39, 0.29) is 0 Å². The summed E-state index contributed by atoms with van der Waals surface area (Å²) in [4.78, 5) is 0. The molecule has 0 spiro atoms. The van der Waals surface area contributed by atoms with Gasteiger partial charge in [0, 0.05) is 12.2 Å². The fourth-order valence-electron chi connectivity index (χ4n) is 2.07. The predicted molar refractivity (Wildman–Crippen MR) is 82.3 cm³/mol. The third-order valence-corrected chi connectivity index (χ3v) is 3.34. The first-order valence-corrected chi connectivity index (χ1v) is 6.70. The molecule has 2 N–H and O–H groups in total. The number of hydrogen-bond donors (Lipinski definition) is 2. The molecule has 0 fully saturated rings. The number of ether oxygens (including phenoxy) is 1. The van der Waals surface area contributed by atoms with Gasteiger partial charge in [-0.05, 0) is 48.4 Å². The zero-order valence-electron chi connectivity index (χ0n) is 12.1. The Morgan fingerprint density at radius 3 is 2.52 bits per heavy atom. The maximum absolute atomic E-state index is 10.2. The Kier molecular flexibility index (Phi) is 4.81. The molecule has 0 amide bonds. The molecule has 4 heteroatoms. The Labute approximate surface area is 124 Å². The maximum Gasteiger partial charge on any atom is 0.119 e. The second kappa shape index (κ2) is 6.78. The summed E-state index contributed by atoms with van der Waals surface area (Å²) >= 11 is 0. The van der Waals surface area contributed by atoms with E-state index in [0.29, 0.717) is 12.1 Å². The standard InChI is InChI=1S/C17H18N2O2/c1-12-9-15(21-2)7-8-16(12)19-11-17(20)14-5-3-13(10-18)4-6-14/h3-9,17,19-20H,11H2,1-2H3. The van der Waals surface area contributed by atoms with Crippen LogP contribution in [0.15, 0.2) is 42.5 Å². The molecule has 0 aliphatic heterocycles. The van der Waals surface area contributed by atoms with Crippen LogP contribution in [0.2, 0.25) is 0 Å². The van der Waals surface area contributed by atoms with Crippen molar-refractivity contribution in [3.8, 4) is 11.8 Å². The van der Waals surface area contributed by atoms with Crippen LogP contribution in [0.4, 0.5) is 5.69 Å². The van der Waals surface area contributed by atoms with Gasteiger partial charge in [-0.3, -0.25) is 0 Å². The monoisotopic (exact) mass is 282 g/mol. The number of rotatable bonds is 5. The summed E-state index contributed by atoms with van der Waals surface area (Å²) in [6.07, 6.45) is -0.626. The lowest BCUT2D eigenvalue weighted by molar-refractivity contribution is 0.191. The van der Waals surface area contributed by atoms with Crippen LogP contribution >= 0.6 is 0 Å². The minimum atomic E-state index is -0.626. The van der Waals surface area contributed by atoms with Gasteiger partial charge in [-0.1, -0.05) is 12.1 Å². The smallest absolute Gasteiger partial charge is 0.119 e. The van der Waals surface area contributed by atoms with Crippen molar-refractivity contribution in [1.29, 1.82) is 5.26 Å². The topological polar surface area (TPSA) is 65.3 Å². The molecular formula is C17H18N2O2. The lowest BCUT2D eigenvalue weighted by Crippen LogP contribution is -2.12. The minimum Gasteiger partial charge on any atom is -0.497 e. The number of aryl methyl sites for hydroxylation is 1. The van der Waals surface area contributed by atoms with E-state index < -0.39 is 6.10 Å². The van der Waals surface area contributed by atoms with E-state index in [0.717, 1.165) is 22.6 Å². The molecule has 2 rings (SSSR count). The molecule has 0 heterocycles. The van der Waals surface area contributed by atoms with Gasteiger partial charge in [0.1, 0.15) is 5.75 Å². The zero-order chi connectivity index (χ0) is 15.2. The molecule has 0 aromatic heterocycles. The summed E-state index contributed by atoms with van der Waals surface area (Å²) in [7, 11) is 1.64. The van der Waals surface area contributed by atoms with Crippen molar-refractivity contribution in [1.82, 2.24) is 0 Å². The molecule has 2 aromatic rings. The van der Waals surface area contributed by atoms with Crippen molar-refractivity contribution in [2.75, 3.05) is 19.0 Å². The highest BCUT2D eigenvalue weighted by molar-refractivity contribution is 5.53. The maximum atomic E-state index is 10.2. The van der Waals surface area contributed by atoms with Gasteiger partial charge in [0.15, 0.2) is 0 Å². The number of methoxy groups -OCH3 is 1. The van der Waals surface area contributed by atoms with Crippen molar-refractivity contribution >= 4 is 5.69 Å². The van der Waals surface area contributed by atoms with Crippen LogP contribution in [0.3, 0.4) is 0 Å². The number of nitrogens with one attached hydrogen (secondary N) is 1. The second-order valence-corrected chi connectivity index (χ2v) is 4.81. The van der Waals surface area contributed by atoms with E-state index in [9.17, 15) is 5.11 Å². The van der Waals surface area contributed by atoms with Gasteiger partial charge in [0.05, 0.1) is 24.8 Å². The van der Waals surface area contributed by atoms with Crippen molar-refractivity contribution in [2.45, 2.75) is 13.0 Å². The SMILES string of the molecule is COc1ccc(NCC(O)c2ccc(C#N)cc2)c(C)c1. The highest BCUT2D eigenvalue weighted by Crippen LogP contribution is 2.22. The molecule has 0 saturated carbocycles. The molecule has 1 unspecified atom stereocenters. The van der Waals surface area contributed by atoms with Gasteiger partial charge < -0.3 is 15.2 Å². The van der Waals surface area contributed by atoms with E-state index in [1.54, 1.807) is 31.4 Å². The molecule has 0 saturated heterocycles. The average Bonchev–Trinajstić information content (AvgIpc) is 2.53. The van der Waals surface area contributed by atoms with Gasteiger partial charge in [0.2, 0.25) is 0 Å². The van der Waals surface area contributed by atoms with Crippen molar-refractivity contribution in [2.24, 2.45) is 0 Å². The third kappa shape index (κ3) is 3.74. The van der Waals surface area contributed by atoms with E-state index in [1.807, 2.05) is 25.1 Å². The summed E-state index contributed by atoms with van der Waals surface area (Å²) in [6, 6.07) is 14.8. The zero-order valence-corrected chi connectivity index (χ0v) is 12.1. The van der Waals surface area contributed by atoms with Crippen molar-refractivity contribution < 1.29 is 9.84 Å². The number of aliphatic hydroxyl groups excluding tert-OH is 1. The summed E-state index contributed by atoms with van der Waals surface area (Å²) < 4.78 is 5.16. The Bertz CT molecular complexity index is 645. The number of anilines is 1. The first-order valence-electron chi connectivity index (χ1n) is 6.70. The molecule has 1 atom stereocenters. The molecule has 0 aliphatic rings. The van der Waals surface area contributed by atoms with Crippen LogP contribution in [0.5, 0.6) is 5.75 Å². The third-order valence-electron chi connectivity index (χ3n) is 3.34. The highest BCUT2D eigenvalue weighted by Gasteiger charge is 2.08. The lowest BCUT2D eigenvalue weighted by atomic mass is 10.1. The largest absolute Gasteiger partial charge is 0.497 e. The van der Waals surface area contributed by atoms with Crippen LogP contribution in [0, 0.1) is 18.3 Å². The summed E-state index contributed by atoms with van der Waals surface area (Å²) in [6.45, 7) is 2.39. The van der Waals surface area contributed by atoms with Crippen LogP contribution in [-0.4, -0.2) is 18.8 Å². The van der Waals surface area contributed by atoms with Gasteiger partial charge in [0.25, 0.3) is 0 Å². The van der Waals surface area contributed by atoms with E-state index in [2.05, 4.69) is 11.4 Å². The molecule has 108 valence electrons. The van der Waals surface area contributed by atoms with E-state index in [4.69, 9.17) is 10.00 Å². The van der Waals surface area contributed by atoms with Crippen LogP contribution < -0.4 is 10.1 Å². The van der Waals surface area contributed by atoms with Crippen LogP contribution in [-0.2, 0) is 0 Å². The van der Waals surface area contributed by atoms with Crippen LogP contribution in [0.25, 0.3) is 0 Å². The summed E-state index contributed by atoms with van der Waals surface area (Å²) in [5.74, 6) is 0.811. The first kappa shape index (κ1) is 14.9. The number of nitriles is 1. The minimum absolute atomic E-state index is 0.402. The second-order valence-electron chi connectivity index (χ2n) is 4.81. The predicted octanol–water partition coefficient (Wildman–Crippen LogP) is 3.02. The Hall–Kier alpha value is -2.51. The average molecular weight is 282 g/mol. The molecule has 21 heavy (non-hydrogen) atoms. The highest BCUT2D eigenvalue weighted by atomic mass is 16.5.